The van der Waals surface area contributed by atoms with Crippen molar-refractivity contribution in [2.75, 3.05) is 20.1 Å². The van der Waals surface area contributed by atoms with Gasteiger partial charge in [0.15, 0.2) is 6.23 Å². The minimum Gasteiger partial charge on any atom is -0.480 e. The molecule has 1 fully saturated rings. The van der Waals surface area contributed by atoms with E-state index in [1.165, 1.54) is 25.1 Å². The van der Waals surface area contributed by atoms with Crippen molar-refractivity contribution in [3.63, 3.8) is 0 Å². The number of para-hydroxylation sites is 1. The van der Waals surface area contributed by atoms with Gasteiger partial charge in [0, 0.05) is 55.8 Å². The molecule has 0 bridgehead atoms. The molecule has 53 heavy (non-hydrogen) atoms. The molecule has 2 aromatic heterocycles. The first-order valence-corrected chi connectivity index (χ1v) is 17.1. The summed E-state index contributed by atoms with van der Waals surface area (Å²) in [5.41, 5.74) is 5.61. The molecule has 3 heterocycles. The van der Waals surface area contributed by atoms with E-state index in [1.54, 1.807) is 6.20 Å². The third-order valence-corrected chi connectivity index (χ3v) is 9.07. The van der Waals surface area contributed by atoms with Crippen LogP contribution in [0.15, 0.2) is 52.3 Å². The number of rotatable bonds is 16. The van der Waals surface area contributed by atoms with Crippen LogP contribution in [0.4, 0.5) is 4.79 Å². The number of fused-ring (bicyclic) bond motifs is 1. The number of aromatic nitrogens is 3. The number of H-pyrrole nitrogens is 2. The molecule has 1 aromatic carbocycles. The van der Waals surface area contributed by atoms with E-state index in [4.69, 9.17) is 10.5 Å². The number of amides is 5. The van der Waals surface area contributed by atoms with E-state index in [1.807, 2.05) is 38.1 Å². The Kier molecular flexibility index (Phi) is 13.5. The quantitative estimate of drug-likeness (QED) is 0.0813. The number of carbonyl (C=O) groups excluding carboxylic acids is 4. The highest BCUT2D eigenvalue weighted by atomic mass is 16.5. The molecule has 1 aliphatic rings. The first kappa shape index (κ1) is 40.2. The second kappa shape index (κ2) is 17.8. The fourth-order valence-corrected chi connectivity index (χ4v) is 6.10. The van der Waals surface area contributed by atoms with Crippen molar-refractivity contribution >= 4 is 40.6 Å². The second-order valence-electron chi connectivity index (χ2n) is 13.4. The van der Waals surface area contributed by atoms with Gasteiger partial charge in [0.05, 0.1) is 18.7 Å². The van der Waals surface area contributed by atoms with Gasteiger partial charge in [-0.15, -0.1) is 0 Å². The normalized spacial score (nSPS) is 19.2. The molecular weight excluding hydrogens is 694 g/mol. The Hall–Kier alpha value is -5.53. The van der Waals surface area contributed by atoms with E-state index in [0.717, 1.165) is 21.5 Å². The van der Waals surface area contributed by atoms with E-state index < -0.39 is 83.6 Å². The number of carboxylic acids is 1. The lowest BCUT2D eigenvalue weighted by Crippen LogP contribution is -2.62. The fraction of sp³-hybridized carbons (Fsp3) is 0.500. The molecule has 1 unspecified atom stereocenters. The highest BCUT2D eigenvalue weighted by molar-refractivity contribution is 5.93. The standard InChI is InChI=1S/C34H47N9O10/c1-17(2)11-23(38-33(51)39-24(32(49)50)12-19-15-36-22-8-6-5-7-21(19)22)29(47)41-28(18(3)42(4)27(46)14-35)30(48)37-16-20-13-25(44)31(53-20)43-10-9-26(45)40-34(43)52/h5-10,15,17-18,20,23-25,28,31,36,44H,11-14,16,35H2,1-4H3,(H,37,48)(H,41,47)(H,49,50)(H2,38,39,51)(H,40,45,52)/t18-,20+,23-,24-,25+,28?,31+/m0/s1. The number of nitrogens with one attached hydrogen (secondary N) is 6. The van der Waals surface area contributed by atoms with Crippen LogP contribution in [0.25, 0.3) is 10.9 Å². The number of ether oxygens (including phenoxy) is 1. The maximum Gasteiger partial charge on any atom is 0.330 e. The Morgan fingerprint density at radius 3 is 2.40 bits per heavy atom. The topological polar surface area (TPSA) is 283 Å². The lowest BCUT2D eigenvalue weighted by atomic mass is 10.0. The third-order valence-electron chi connectivity index (χ3n) is 9.07. The minimum atomic E-state index is -1.37. The Labute approximate surface area is 303 Å². The highest BCUT2D eigenvalue weighted by Crippen LogP contribution is 2.27. The number of hydrogen-bond acceptors (Lipinski definition) is 10. The van der Waals surface area contributed by atoms with Crippen LogP contribution in [-0.4, -0.2) is 116 Å². The molecule has 288 valence electrons. The van der Waals surface area contributed by atoms with E-state index in [2.05, 4.69) is 31.2 Å². The zero-order chi connectivity index (χ0) is 39.0. The van der Waals surface area contributed by atoms with Crippen LogP contribution in [0.3, 0.4) is 0 Å². The van der Waals surface area contributed by atoms with E-state index in [0.29, 0.717) is 5.56 Å². The molecule has 7 atom stereocenters. The molecule has 1 saturated heterocycles. The second-order valence-corrected chi connectivity index (χ2v) is 13.4. The maximum absolute atomic E-state index is 13.8. The number of nitrogens with zero attached hydrogens (tertiary/aromatic N) is 2. The number of aliphatic carboxylic acids is 1. The molecule has 0 radical (unpaired) electrons. The molecule has 4 rings (SSSR count). The fourth-order valence-electron chi connectivity index (χ4n) is 6.10. The van der Waals surface area contributed by atoms with Gasteiger partial charge in [0.25, 0.3) is 5.56 Å². The first-order chi connectivity index (χ1) is 25.1. The zero-order valence-corrected chi connectivity index (χ0v) is 29.8. The van der Waals surface area contributed by atoms with Crippen LogP contribution >= 0.6 is 0 Å². The van der Waals surface area contributed by atoms with Gasteiger partial charge in [0.1, 0.15) is 24.2 Å². The molecule has 1 aliphatic heterocycles. The van der Waals surface area contributed by atoms with Crippen LogP contribution in [-0.2, 0) is 30.3 Å². The van der Waals surface area contributed by atoms with Gasteiger partial charge in [-0.05, 0) is 30.9 Å². The SMILES string of the molecule is CC(C)C[C@H](NC(=O)N[C@@H](Cc1c[nH]c2ccccc12)C(=O)O)C(=O)NC(C(=O)NC[C@H]1C[C@@H](O)[C@H](n2ccc(=O)[nH]c2=O)O1)[C@H](C)N(C)C(=O)CN. The van der Waals surface area contributed by atoms with Crippen molar-refractivity contribution in [3.8, 4) is 0 Å². The molecule has 3 aromatic rings. The van der Waals surface area contributed by atoms with Crippen molar-refractivity contribution in [3.05, 3.63) is 69.1 Å². The largest absolute Gasteiger partial charge is 0.480 e. The average molecular weight is 742 g/mol. The zero-order valence-electron chi connectivity index (χ0n) is 29.8. The first-order valence-electron chi connectivity index (χ1n) is 17.1. The highest BCUT2D eigenvalue weighted by Gasteiger charge is 2.38. The van der Waals surface area contributed by atoms with Gasteiger partial charge in [-0.2, -0.15) is 0 Å². The Balaban J connectivity index is 1.46. The molecule has 0 saturated carbocycles. The number of carboxylic acid groups (broad SMARTS) is 1. The van der Waals surface area contributed by atoms with Gasteiger partial charge < -0.3 is 51.8 Å². The minimum absolute atomic E-state index is 0.0157. The number of aliphatic hydroxyl groups is 1. The molecule has 10 N–H and O–H groups in total. The summed E-state index contributed by atoms with van der Waals surface area (Å²) in [6, 6.07) is 2.60. The average Bonchev–Trinajstić information content (AvgIpc) is 3.70. The molecular formula is C34H47N9O10. The smallest absolute Gasteiger partial charge is 0.330 e. The Morgan fingerprint density at radius 1 is 1.04 bits per heavy atom. The van der Waals surface area contributed by atoms with Crippen molar-refractivity contribution in [2.24, 2.45) is 11.7 Å². The Morgan fingerprint density at radius 2 is 1.74 bits per heavy atom. The van der Waals surface area contributed by atoms with E-state index in [-0.39, 0.29) is 38.3 Å². The van der Waals surface area contributed by atoms with Crippen molar-refractivity contribution in [1.29, 1.82) is 0 Å². The number of hydrogen-bond donors (Lipinski definition) is 9. The molecule has 19 nitrogen and oxygen atoms in total. The summed E-state index contributed by atoms with van der Waals surface area (Å²) in [5.74, 6) is -3.45. The molecule has 0 spiro atoms. The maximum atomic E-state index is 13.8. The van der Waals surface area contributed by atoms with Gasteiger partial charge in [0.2, 0.25) is 17.7 Å². The summed E-state index contributed by atoms with van der Waals surface area (Å²) in [7, 11) is 1.41. The lowest BCUT2D eigenvalue weighted by Gasteiger charge is -2.33. The van der Waals surface area contributed by atoms with Gasteiger partial charge >= 0.3 is 17.7 Å². The summed E-state index contributed by atoms with van der Waals surface area (Å²) in [5, 5.41) is 31.5. The van der Waals surface area contributed by atoms with Crippen LogP contribution in [0.5, 0.6) is 0 Å². The number of likely N-dealkylation sites (N-methyl/N-ethyl adjacent to an activating group) is 1. The number of aromatic amines is 2. The van der Waals surface area contributed by atoms with Crippen LogP contribution in [0.2, 0.25) is 0 Å². The van der Waals surface area contributed by atoms with Crippen LogP contribution < -0.4 is 38.2 Å². The predicted molar refractivity (Wildman–Crippen MR) is 190 cm³/mol. The molecule has 5 amide bonds. The number of benzene rings is 1. The number of carbonyl (C=O) groups is 5. The number of nitrogens with two attached hydrogens (primary N) is 1. The van der Waals surface area contributed by atoms with Crippen LogP contribution in [0, 0.1) is 5.92 Å². The molecule has 0 aliphatic carbocycles. The van der Waals surface area contributed by atoms with Gasteiger partial charge in [-0.3, -0.25) is 28.7 Å². The summed E-state index contributed by atoms with van der Waals surface area (Å²) in [6.45, 7) is 4.60. The van der Waals surface area contributed by atoms with Crippen molar-refractivity contribution in [1.82, 2.24) is 40.7 Å². The van der Waals surface area contributed by atoms with Crippen molar-refractivity contribution in [2.45, 2.75) is 82.6 Å². The summed E-state index contributed by atoms with van der Waals surface area (Å²) in [6.07, 6.45) is -0.137. The van der Waals surface area contributed by atoms with E-state index in [9.17, 15) is 43.8 Å². The summed E-state index contributed by atoms with van der Waals surface area (Å²) < 4.78 is 6.81. The van der Waals surface area contributed by atoms with Gasteiger partial charge in [-0.1, -0.05) is 32.0 Å². The summed E-state index contributed by atoms with van der Waals surface area (Å²) in [4.78, 5) is 95.3. The van der Waals surface area contributed by atoms with E-state index >= 15 is 0 Å². The van der Waals surface area contributed by atoms with Crippen LogP contribution in [0.1, 0.15) is 45.4 Å². The predicted octanol–water partition coefficient (Wildman–Crippen LogP) is -1.52. The number of urea groups is 1. The Bertz CT molecular complexity index is 1910. The third kappa shape index (κ3) is 10.3. The lowest BCUT2D eigenvalue weighted by molar-refractivity contribution is -0.139. The summed E-state index contributed by atoms with van der Waals surface area (Å²) >= 11 is 0. The number of aliphatic hydroxyl groups excluding tert-OH is 1. The van der Waals surface area contributed by atoms with Gasteiger partial charge in [-0.25, -0.2) is 14.4 Å². The van der Waals surface area contributed by atoms with Crippen molar-refractivity contribution < 1.29 is 38.9 Å². The molecule has 19 heteroatoms. The monoisotopic (exact) mass is 741 g/mol.